The van der Waals surface area contributed by atoms with E-state index < -0.39 is 22.9 Å². The topological polar surface area (TPSA) is 99.6 Å². The number of carboxylic acids is 1. The van der Waals surface area contributed by atoms with Crippen LogP contribution in [0.4, 0.5) is 11.4 Å². The van der Waals surface area contributed by atoms with Crippen LogP contribution in [0.3, 0.4) is 0 Å². The second-order valence-electron chi connectivity index (χ2n) is 8.11. The minimum absolute atomic E-state index is 0.0646. The van der Waals surface area contributed by atoms with Gasteiger partial charge in [-0.3, -0.25) is 9.59 Å². The summed E-state index contributed by atoms with van der Waals surface area (Å²) in [6.45, 7) is 4.81. The van der Waals surface area contributed by atoms with Gasteiger partial charge in [0.25, 0.3) is 10.9 Å². The second kappa shape index (κ2) is 10.1. The lowest BCUT2D eigenvalue weighted by atomic mass is 10.0. The molecule has 0 unspecified atom stereocenters. The quantitative estimate of drug-likeness (QED) is 0.312. The molecule has 3 aromatic carbocycles. The highest BCUT2D eigenvalue weighted by Gasteiger charge is 2.29. The van der Waals surface area contributed by atoms with Crippen molar-refractivity contribution < 1.29 is 9.90 Å². The lowest BCUT2D eigenvalue weighted by Crippen LogP contribution is -2.45. The zero-order chi connectivity index (χ0) is 25.3. The van der Waals surface area contributed by atoms with Crippen LogP contribution < -0.4 is 21.1 Å². The number of nitrogens with one attached hydrogen (secondary N) is 1. The smallest absolute Gasteiger partial charge is 0.326 e. The summed E-state index contributed by atoms with van der Waals surface area (Å²) in [5.74, 6) is -1.12. The van der Waals surface area contributed by atoms with Crippen LogP contribution in [0.25, 0.3) is 22.2 Å². The monoisotopic (exact) mass is 511 g/mol. The summed E-state index contributed by atoms with van der Waals surface area (Å²) in [6.07, 6.45) is 0.111. The number of carboxylic acid groups (broad SMARTS) is 1. The third kappa shape index (κ3) is 4.74. The van der Waals surface area contributed by atoms with Crippen molar-refractivity contribution in [3.63, 3.8) is 0 Å². The van der Waals surface area contributed by atoms with E-state index in [1.54, 1.807) is 35.2 Å². The highest BCUT2D eigenvalue weighted by atomic mass is 35.5. The van der Waals surface area contributed by atoms with Gasteiger partial charge in [0.15, 0.2) is 0 Å². The number of aliphatic carboxylic acids is 1. The molecule has 1 aromatic heterocycles. The molecule has 1 atom stereocenters. The molecule has 7 nitrogen and oxygen atoms in total. The van der Waals surface area contributed by atoms with Crippen molar-refractivity contribution in [3.05, 3.63) is 84.6 Å². The van der Waals surface area contributed by atoms with Crippen molar-refractivity contribution >= 4 is 51.4 Å². The third-order valence-corrected chi connectivity index (χ3v) is 6.62. The van der Waals surface area contributed by atoms with Gasteiger partial charge in [-0.2, -0.15) is 0 Å². The first-order valence-electron chi connectivity index (χ1n) is 11.2. The van der Waals surface area contributed by atoms with Gasteiger partial charge in [-0.05, 0) is 49.7 Å². The normalized spacial score (nSPS) is 12.1. The Hall–Kier alpha value is -3.42. The first-order valence-corrected chi connectivity index (χ1v) is 11.9. The van der Waals surface area contributed by atoms with Gasteiger partial charge < -0.3 is 15.3 Å². The van der Waals surface area contributed by atoms with Crippen LogP contribution in [-0.4, -0.2) is 35.2 Å². The number of fused-ring (bicyclic) bond motifs is 1. The highest BCUT2D eigenvalue weighted by Crippen LogP contribution is 2.34. The van der Waals surface area contributed by atoms with Crippen molar-refractivity contribution in [3.8, 4) is 11.3 Å². The SMILES string of the molecule is CCN(CC)c1c(N[C@H](Cc2ccc3nc(-c4c(Cl)cccc4Cl)ccc3c2)C(=O)O)c(=O)c1=O. The number of carbonyl (C=O) groups is 1. The summed E-state index contributed by atoms with van der Waals surface area (Å²) in [6, 6.07) is 13.3. The molecule has 0 amide bonds. The van der Waals surface area contributed by atoms with E-state index in [9.17, 15) is 19.5 Å². The van der Waals surface area contributed by atoms with Crippen molar-refractivity contribution in [1.29, 1.82) is 0 Å². The van der Waals surface area contributed by atoms with E-state index in [1.165, 1.54) is 0 Å². The average Bonchev–Trinajstić information content (AvgIpc) is 2.84. The van der Waals surface area contributed by atoms with Crippen LogP contribution in [0.2, 0.25) is 10.0 Å². The number of benzene rings is 2. The Labute approximate surface area is 211 Å². The summed E-state index contributed by atoms with van der Waals surface area (Å²) in [7, 11) is 0. The van der Waals surface area contributed by atoms with Gasteiger partial charge in [0.2, 0.25) is 0 Å². The van der Waals surface area contributed by atoms with Gasteiger partial charge in [0.1, 0.15) is 17.4 Å². The summed E-state index contributed by atoms with van der Waals surface area (Å²) in [5, 5.41) is 14.4. The van der Waals surface area contributed by atoms with Crippen LogP contribution >= 0.6 is 23.2 Å². The molecule has 1 heterocycles. The standard InChI is InChI=1S/C26H23Cl2N3O4/c1-3-31(4-2)23-22(24(32)25(23)33)30-20(26(34)35)13-14-8-10-18-15(12-14)9-11-19(29-18)21-16(27)6-5-7-17(21)28/h5-12,20,30H,3-4,13H2,1-2H3,(H,34,35)/t20-/m1/s1. The van der Waals surface area contributed by atoms with Crippen LogP contribution in [0, 0.1) is 0 Å². The van der Waals surface area contributed by atoms with Crippen molar-refractivity contribution in [2.45, 2.75) is 26.3 Å². The van der Waals surface area contributed by atoms with E-state index in [2.05, 4.69) is 10.3 Å². The zero-order valence-corrected chi connectivity index (χ0v) is 20.7. The molecular weight excluding hydrogens is 489 g/mol. The van der Waals surface area contributed by atoms with Crippen molar-refractivity contribution in [2.75, 3.05) is 23.3 Å². The molecule has 0 radical (unpaired) electrons. The molecule has 0 bridgehead atoms. The lowest BCUT2D eigenvalue weighted by Gasteiger charge is -2.26. The number of anilines is 2. The molecule has 0 fully saturated rings. The fraction of sp³-hybridized carbons (Fsp3) is 0.231. The van der Waals surface area contributed by atoms with Crippen LogP contribution in [-0.2, 0) is 11.2 Å². The molecule has 0 saturated heterocycles. The Morgan fingerprint density at radius 2 is 1.71 bits per heavy atom. The molecule has 0 saturated carbocycles. The number of halogens is 2. The summed E-state index contributed by atoms with van der Waals surface area (Å²) in [5.41, 5.74) is 1.76. The van der Waals surface area contributed by atoms with Crippen LogP contribution in [0.5, 0.6) is 0 Å². The van der Waals surface area contributed by atoms with E-state index in [4.69, 9.17) is 23.2 Å². The average molecular weight is 512 g/mol. The summed E-state index contributed by atoms with van der Waals surface area (Å²) < 4.78 is 0. The first-order chi connectivity index (χ1) is 16.7. The van der Waals surface area contributed by atoms with Gasteiger partial charge in [0.05, 0.1) is 21.3 Å². The van der Waals surface area contributed by atoms with E-state index in [1.807, 2.05) is 32.0 Å². The Morgan fingerprint density at radius 1 is 1.03 bits per heavy atom. The minimum Gasteiger partial charge on any atom is -0.480 e. The molecule has 4 rings (SSSR count). The maximum Gasteiger partial charge on any atom is 0.326 e. The maximum absolute atomic E-state index is 12.2. The molecule has 9 heteroatoms. The van der Waals surface area contributed by atoms with Gasteiger partial charge in [-0.15, -0.1) is 0 Å². The Bertz CT molecular complexity index is 1470. The highest BCUT2D eigenvalue weighted by molar-refractivity contribution is 6.39. The van der Waals surface area contributed by atoms with E-state index in [0.29, 0.717) is 39.9 Å². The molecule has 0 aliphatic carbocycles. The Kier molecular flexibility index (Phi) is 7.10. The Morgan fingerprint density at radius 3 is 2.34 bits per heavy atom. The predicted octanol–water partition coefficient (Wildman–Crippen LogP) is 4.76. The van der Waals surface area contributed by atoms with E-state index >= 15 is 0 Å². The molecule has 2 N–H and O–H groups in total. The second-order valence-corrected chi connectivity index (χ2v) is 8.93. The van der Waals surface area contributed by atoms with Gasteiger partial charge in [-0.1, -0.05) is 41.4 Å². The summed E-state index contributed by atoms with van der Waals surface area (Å²) >= 11 is 12.6. The lowest BCUT2D eigenvalue weighted by molar-refractivity contribution is -0.137. The third-order valence-electron chi connectivity index (χ3n) is 5.99. The van der Waals surface area contributed by atoms with E-state index in [0.717, 1.165) is 10.9 Å². The fourth-order valence-corrected chi connectivity index (χ4v) is 4.74. The number of hydrogen-bond acceptors (Lipinski definition) is 6. The Balaban J connectivity index is 1.61. The number of rotatable bonds is 9. The number of aromatic nitrogens is 1. The minimum atomic E-state index is -1.12. The van der Waals surface area contributed by atoms with Gasteiger partial charge in [0, 0.05) is 30.5 Å². The molecule has 35 heavy (non-hydrogen) atoms. The zero-order valence-electron chi connectivity index (χ0n) is 19.1. The molecule has 4 aromatic rings. The predicted molar refractivity (Wildman–Crippen MR) is 141 cm³/mol. The van der Waals surface area contributed by atoms with Gasteiger partial charge in [-0.25, -0.2) is 9.78 Å². The summed E-state index contributed by atoms with van der Waals surface area (Å²) in [4.78, 5) is 42.7. The maximum atomic E-state index is 12.2. The van der Waals surface area contributed by atoms with Crippen LogP contribution in [0.15, 0.2) is 58.1 Å². The largest absolute Gasteiger partial charge is 0.480 e. The first kappa shape index (κ1) is 24.7. The molecule has 0 aliphatic heterocycles. The van der Waals surface area contributed by atoms with Gasteiger partial charge >= 0.3 is 5.97 Å². The van der Waals surface area contributed by atoms with Crippen molar-refractivity contribution in [2.24, 2.45) is 0 Å². The number of pyridine rings is 1. The fourth-order valence-electron chi connectivity index (χ4n) is 4.15. The molecule has 0 spiro atoms. The molecular formula is C26H23Cl2N3O4. The molecule has 180 valence electrons. The van der Waals surface area contributed by atoms with Crippen LogP contribution in [0.1, 0.15) is 19.4 Å². The van der Waals surface area contributed by atoms with Crippen molar-refractivity contribution in [1.82, 2.24) is 4.98 Å². The number of hydrogen-bond donors (Lipinski definition) is 2. The molecule has 0 aliphatic rings. The number of nitrogens with zero attached hydrogens (tertiary/aromatic N) is 2. The van der Waals surface area contributed by atoms with E-state index in [-0.39, 0.29) is 17.8 Å².